The summed E-state index contributed by atoms with van der Waals surface area (Å²) in [6.45, 7) is 2.75. The summed E-state index contributed by atoms with van der Waals surface area (Å²) in [5.74, 6) is 0. The number of nitrogens with zero attached hydrogens (tertiary/aromatic N) is 1. The van der Waals surface area contributed by atoms with Crippen LogP contribution in [0.4, 0.5) is 5.69 Å². The van der Waals surface area contributed by atoms with Crippen LogP contribution in [0.5, 0.6) is 0 Å². The van der Waals surface area contributed by atoms with Crippen molar-refractivity contribution in [2.24, 2.45) is 5.73 Å². The highest BCUT2D eigenvalue weighted by Crippen LogP contribution is 2.25. The Morgan fingerprint density at radius 3 is 2.89 bits per heavy atom. The van der Waals surface area contributed by atoms with Crippen LogP contribution in [0.25, 0.3) is 0 Å². The number of nitrogens with one attached hydrogen (secondary N) is 1. The standard InChI is InChI=1S/C14H14BrN3S/c1-9-7-17-6-5-10(9)8-18-12-4-2-3-11(15)13(12)14(16)19/h2-7,18H,8H2,1H3,(H2,16,19). The van der Waals surface area contributed by atoms with Gasteiger partial charge >= 0.3 is 0 Å². The van der Waals surface area contributed by atoms with E-state index in [1.54, 1.807) is 6.20 Å². The molecule has 0 atom stereocenters. The predicted octanol–water partition coefficient (Wildman–Crippen LogP) is 3.40. The Hall–Kier alpha value is -1.46. The lowest BCUT2D eigenvalue weighted by Crippen LogP contribution is -2.14. The summed E-state index contributed by atoms with van der Waals surface area (Å²) in [7, 11) is 0. The molecule has 3 N–H and O–H groups in total. The maximum absolute atomic E-state index is 5.77. The van der Waals surface area contributed by atoms with E-state index in [4.69, 9.17) is 18.0 Å². The third-order valence-corrected chi connectivity index (χ3v) is 3.73. The topological polar surface area (TPSA) is 50.9 Å². The Balaban J connectivity index is 2.23. The summed E-state index contributed by atoms with van der Waals surface area (Å²) in [5, 5.41) is 3.37. The number of hydrogen-bond acceptors (Lipinski definition) is 3. The molecule has 0 aliphatic carbocycles. The van der Waals surface area contributed by atoms with Crippen molar-refractivity contribution in [2.75, 3.05) is 5.32 Å². The van der Waals surface area contributed by atoms with E-state index in [0.717, 1.165) is 21.3 Å². The average molecular weight is 336 g/mol. The number of thiocarbonyl (C=S) groups is 1. The molecule has 0 aliphatic heterocycles. The van der Waals surface area contributed by atoms with E-state index in [2.05, 4.69) is 26.2 Å². The van der Waals surface area contributed by atoms with Gasteiger partial charge in [-0.15, -0.1) is 0 Å². The summed E-state index contributed by atoms with van der Waals surface area (Å²) in [6, 6.07) is 7.85. The highest BCUT2D eigenvalue weighted by molar-refractivity contribution is 9.10. The van der Waals surface area contributed by atoms with Crippen LogP contribution in [-0.2, 0) is 6.54 Å². The van der Waals surface area contributed by atoms with Crippen molar-refractivity contribution < 1.29 is 0 Å². The number of anilines is 1. The Labute approximate surface area is 126 Å². The molecule has 1 heterocycles. The second-order valence-electron chi connectivity index (χ2n) is 4.18. The molecule has 3 nitrogen and oxygen atoms in total. The minimum Gasteiger partial charge on any atom is -0.389 e. The minimum atomic E-state index is 0.376. The molecule has 0 fully saturated rings. The second-order valence-corrected chi connectivity index (χ2v) is 5.48. The van der Waals surface area contributed by atoms with Gasteiger partial charge in [-0.25, -0.2) is 0 Å². The van der Waals surface area contributed by atoms with Gasteiger partial charge in [-0.1, -0.05) is 18.3 Å². The van der Waals surface area contributed by atoms with E-state index >= 15 is 0 Å². The van der Waals surface area contributed by atoms with Crippen LogP contribution in [0.2, 0.25) is 0 Å². The zero-order chi connectivity index (χ0) is 13.8. The third-order valence-electron chi connectivity index (χ3n) is 2.87. The second kappa shape index (κ2) is 6.12. The van der Waals surface area contributed by atoms with Crippen LogP contribution in [0.1, 0.15) is 16.7 Å². The maximum atomic E-state index is 5.77. The average Bonchev–Trinajstić information content (AvgIpc) is 2.37. The first-order valence-electron chi connectivity index (χ1n) is 5.81. The molecular formula is C14H14BrN3S. The summed E-state index contributed by atoms with van der Waals surface area (Å²) in [5.41, 5.74) is 9.88. The highest BCUT2D eigenvalue weighted by atomic mass is 79.9. The Kier molecular flexibility index (Phi) is 4.50. The first kappa shape index (κ1) is 14.0. The van der Waals surface area contributed by atoms with Gasteiger partial charge in [0, 0.05) is 34.7 Å². The zero-order valence-corrected chi connectivity index (χ0v) is 12.9. The quantitative estimate of drug-likeness (QED) is 0.841. The van der Waals surface area contributed by atoms with Gasteiger partial charge in [0.1, 0.15) is 4.99 Å². The van der Waals surface area contributed by atoms with Gasteiger partial charge in [0.05, 0.1) is 0 Å². The van der Waals surface area contributed by atoms with Crippen LogP contribution >= 0.6 is 28.1 Å². The van der Waals surface area contributed by atoms with Gasteiger partial charge in [0.15, 0.2) is 0 Å². The summed E-state index contributed by atoms with van der Waals surface area (Å²) in [4.78, 5) is 4.46. The third kappa shape index (κ3) is 3.30. The molecule has 1 aromatic carbocycles. The SMILES string of the molecule is Cc1cnccc1CNc1cccc(Br)c1C(N)=S. The van der Waals surface area contributed by atoms with Gasteiger partial charge in [0.2, 0.25) is 0 Å². The van der Waals surface area contributed by atoms with Gasteiger partial charge < -0.3 is 11.1 Å². The summed E-state index contributed by atoms with van der Waals surface area (Å²) >= 11 is 8.56. The summed E-state index contributed by atoms with van der Waals surface area (Å²) in [6.07, 6.45) is 3.64. The molecule has 0 spiro atoms. The van der Waals surface area contributed by atoms with Crippen LogP contribution in [0.15, 0.2) is 41.1 Å². The predicted molar refractivity (Wildman–Crippen MR) is 86.3 cm³/mol. The van der Waals surface area contributed by atoms with Gasteiger partial charge in [-0.05, 0) is 52.2 Å². The number of pyridine rings is 1. The molecule has 19 heavy (non-hydrogen) atoms. The molecular weight excluding hydrogens is 322 g/mol. The van der Waals surface area contributed by atoms with Crippen LogP contribution < -0.4 is 11.1 Å². The normalized spacial score (nSPS) is 10.2. The molecule has 0 radical (unpaired) electrons. The first-order chi connectivity index (χ1) is 9.09. The zero-order valence-electron chi connectivity index (χ0n) is 10.5. The molecule has 0 bridgehead atoms. The first-order valence-corrected chi connectivity index (χ1v) is 7.01. The molecule has 2 aromatic rings. The molecule has 0 aliphatic rings. The Morgan fingerprint density at radius 1 is 1.42 bits per heavy atom. The monoisotopic (exact) mass is 335 g/mol. The lowest BCUT2D eigenvalue weighted by molar-refractivity contribution is 1.09. The fraction of sp³-hybridized carbons (Fsp3) is 0.143. The smallest absolute Gasteiger partial charge is 0.107 e. The van der Waals surface area contributed by atoms with E-state index in [1.807, 2.05) is 37.4 Å². The molecule has 5 heteroatoms. The van der Waals surface area contributed by atoms with Crippen LogP contribution in [0, 0.1) is 6.92 Å². The van der Waals surface area contributed by atoms with Crippen molar-refractivity contribution in [1.82, 2.24) is 4.98 Å². The number of aryl methyl sites for hydroxylation is 1. The Bertz CT molecular complexity index is 613. The Morgan fingerprint density at radius 2 is 2.21 bits per heavy atom. The largest absolute Gasteiger partial charge is 0.389 e. The van der Waals surface area contributed by atoms with Gasteiger partial charge in [-0.3, -0.25) is 4.98 Å². The lowest BCUT2D eigenvalue weighted by Gasteiger charge is -2.13. The number of hydrogen-bond donors (Lipinski definition) is 2. The number of aromatic nitrogens is 1. The van der Waals surface area contributed by atoms with Crippen molar-refractivity contribution in [3.63, 3.8) is 0 Å². The lowest BCUT2D eigenvalue weighted by atomic mass is 10.1. The van der Waals surface area contributed by atoms with E-state index < -0.39 is 0 Å². The molecule has 0 unspecified atom stereocenters. The van der Waals surface area contributed by atoms with Crippen LogP contribution in [-0.4, -0.2) is 9.97 Å². The van der Waals surface area contributed by atoms with E-state index in [0.29, 0.717) is 11.5 Å². The minimum absolute atomic E-state index is 0.376. The fourth-order valence-electron chi connectivity index (χ4n) is 1.81. The van der Waals surface area contributed by atoms with Crippen molar-refractivity contribution in [3.8, 4) is 0 Å². The highest BCUT2D eigenvalue weighted by Gasteiger charge is 2.09. The fourth-order valence-corrected chi connectivity index (χ4v) is 2.74. The number of halogens is 1. The van der Waals surface area contributed by atoms with Crippen molar-refractivity contribution in [1.29, 1.82) is 0 Å². The van der Waals surface area contributed by atoms with Crippen molar-refractivity contribution >= 4 is 38.8 Å². The van der Waals surface area contributed by atoms with Gasteiger partial charge in [0.25, 0.3) is 0 Å². The molecule has 2 rings (SSSR count). The van der Waals surface area contributed by atoms with Gasteiger partial charge in [-0.2, -0.15) is 0 Å². The summed E-state index contributed by atoms with van der Waals surface area (Å²) < 4.78 is 0.899. The van der Waals surface area contributed by atoms with E-state index in [1.165, 1.54) is 5.56 Å². The number of benzene rings is 1. The van der Waals surface area contributed by atoms with E-state index in [9.17, 15) is 0 Å². The molecule has 0 saturated carbocycles. The molecule has 98 valence electrons. The van der Waals surface area contributed by atoms with E-state index in [-0.39, 0.29) is 0 Å². The molecule has 0 saturated heterocycles. The maximum Gasteiger partial charge on any atom is 0.107 e. The number of nitrogens with two attached hydrogens (primary N) is 1. The molecule has 0 amide bonds. The van der Waals surface area contributed by atoms with Crippen LogP contribution in [0.3, 0.4) is 0 Å². The molecule has 1 aromatic heterocycles. The van der Waals surface area contributed by atoms with Crippen molar-refractivity contribution in [2.45, 2.75) is 13.5 Å². The number of rotatable bonds is 4. The van der Waals surface area contributed by atoms with Crippen molar-refractivity contribution in [3.05, 3.63) is 57.8 Å².